The van der Waals surface area contributed by atoms with Gasteiger partial charge in [0, 0.05) is 6.54 Å². The van der Waals surface area contributed by atoms with Gasteiger partial charge in [0.1, 0.15) is 12.1 Å². The fourth-order valence-corrected chi connectivity index (χ4v) is 2.69. The molecule has 1 N–H and O–H groups in total. The molecule has 2 aliphatic rings. The van der Waals surface area contributed by atoms with Crippen molar-refractivity contribution in [1.29, 1.82) is 0 Å². The Morgan fingerprint density at radius 1 is 1.39 bits per heavy atom. The molecule has 1 saturated heterocycles. The van der Waals surface area contributed by atoms with Gasteiger partial charge in [-0.2, -0.15) is 0 Å². The Labute approximate surface area is 108 Å². The van der Waals surface area contributed by atoms with Crippen LogP contribution in [0, 0.1) is 11.3 Å². The highest BCUT2D eigenvalue weighted by Gasteiger charge is 2.49. The molecule has 2 amide bonds. The van der Waals surface area contributed by atoms with Crippen LogP contribution in [0.15, 0.2) is 12.7 Å². The molecule has 100 valence electrons. The number of hydrogen-bond acceptors (Lipinski definition) is 2. The first kappa shape index (κ1) is 13.1. The van der Waals surface area contributed by atoms with Crippen molar-refractivity contribution in [2.24, 2.45) is 11.3 Å². The summed E-state index contributed by atoms with van der Waals surface area (Å²) in [6.07, 6.45) is 3.77. The number of amides is 2. The predicted octanol–water partition coefficient (Wildman–Crippen LogP) is 1.32. The molecule has 4 nitrogen and oxygen atoms in total. The van der Waals surface area contributed by atoms with E-state index in [-0.39, 0.29) is 23.3 Å². The lowest BCUT2D eigenvalue weighted by Crippen LogP contribution is -2.67. The average Bonchev–Trinajstić information content (AvgIpc) is 3.05. The van der Waals surface area contributed by atoms with E-state index < -0.39 is 6.04 Å². The van der Waals surface area contributed by atoms with Crippen LogP contribution in [0.25, 0.3) is 0 Å². The molecule has 1 saturated carbocycles. The molecule has 0 spiro atoms. The zero-order valence-electron chi connectivity index (χ0n) is 11.4. The number of carbonyl (C=O) groups is 2. The summed E-state index contributed by atoms with van der Waals surface area (Å²) in [4.78, 5) is 26.4. The number of nitrogens with zero attached hydrogens (tertiary/aromatic N) is 1. The zero-order chi connectivity index (χ0) is 13.5. The van der Waals surface area contributed by atoms with Gasteiger partial charge in [-0.3, -0.25) is 9.59 Å². The molecule has 2 atom stereocenters. The molecule has 1 aliphatic heterocycles. The number of piperazine rings is 1. The van der Waals surface area contributed by atoms with E-state index in [2.05, 4.69) is 11.9 Å². The minimum atomic E-state index is -0.405. The highest BCUT2D eigenvalue weighted by atomic mass is 16.2. The zero-order valence-corrected chi connectivity index (χ0v) is 11.4. The normalized spacial score (nSPS) is 29.2. The van der Waals surface area contributed by atoms with Gasteiger partial charge in [-0.05, 0) is 24.2 Å². The van der Waals surface area contributed by atoms with Crippen LogP contribution in [0.2, 0.25) is 0 Å². The second kappa shape index (κ2) is 4.41. The lowest BCUT2D eigenvalue weighted by atomic mass is 9.82. The van der Waals surface area contributed by atoms with E-state index >= 15 is 0 Å². The minimum Gasteiger partial charge on any atom is -0.342 e. The molecular formula is C14H22N2O2. The predicted molar refractivity (Wildman–Crippen MR) is 69.8 cm³/mol. The summed E-state index contributed by atoms with van der Waals surface area (Å²) in [6, 6.07) is -0.714. The van der Waals surface area contributed by atoms with Crippen molar-refractivity contribution in [2.45, 2.75) is 45.7 Å². The van der Waals surface area contributed by atoms with Gasteiger partial charge in [0.05, 0.1) is 0 Å². The van der Waals surface area contributed by atoms with E-state index in [1.165, 1.54) is 0 Å². The maximum atomic E-state index is 12.5. The average molecular weight is 250 g/mol. The van der Waals surface area contributed by atoms with E-state index in [1.54, 1.807) is 11.0 Å². The first-order valence-corrected chi connectivity index (χ1v) is 6.58. The molecular weight excluding hydrogens is 228 g/mol. The minimum absolute atomic E-state index is 0.0270. The van der Waals surface area contributed by atoms with Gasteiger partial charge in [0.15, 0.2) is 0 Å². The molecule has 2 unspecified atom stereocenters. The van der Waals surface area contributed by atoms with Crippen LogP contribution in [0.3, 0.4) is 0 Å². The quantitative estimate of drug-likeness (QED) is 0.768. The molecule has 1 aliphatic carbocycles. The third kappa shape index (κ3) is 2.28. The number of carbonyl (C=O) groups excluding carboxylic acids is 2. The summed E-state index contributed by atoms with van der Waals surface area (Å²) in [5.41, 5.74) is -0.267. The van der Waals surface area contributed by atoms with Crippen LogP contribution in [0.5, 0.6) is 0 Å². The van der Waals surface area contributed by atoms with E-state index in [0.717, 1.165) is 12.8 Å². The van der Waals surface area contributed by atoms with Crippen molar-refractivity contribution in [2.75, 3.05) is 6.54 Å². The van der Waals surface area contributed by atoms with Crippen LogP contribution in [-0.2, 0) is 9.59 Å². The molecule has 0 aromatic rings. The topological polar surface area (TPSA) is 49.4 Å². The Morgan fingerprint density at radius 2 is 2.00 bits per heavy atom. The number of nitrogens with one attached hydrogen (secondary N) is 1. The third-order valence-electron chi connectivity index (χ3n) is 3.65. The Bertz CT molecular complexity index is 380. The second-order valence-corrected chi connectivity index (χ2v) is 6.37. The van der Waals surface area contributed by atoms with Crippen LogP contribution >= 0.6 is 0 Å². The van der Waals surface area contributed by atoms with Gasteiger partial charge >= 0.3 is 0 Å². The molecule has 2 rings (SSSR count). The van der Waals surface area contributed by atoms with Gasteiger partial charge in [-0.1, -0.05) is 26.8 Å². The van der Waals surface area contributed by atoms with E-state index in [4.69, 9.17) is 0 Å². The molecule has 0 aromatic heterocycles. The van der Waals surface area contributed by atoms with Gasteiger partial charge < -0.3 is 10.2 Å². The fraction of sp³-hybridized carbons (Fsp3) is 0.714. The fourth-order valence-electron chi connectivity index (χ4n) is 2.69. The van der Waals surface area contributed by atoms with Crippen molar-refractivity contribution in [3.8, 4) is 0 Å². The Morgan fingerprint density at radius 3 is 2.44 bits per heavy atom. The van der Waals surface area contributed by atoms with Crippen molar-refractivity contribution in [3.05, 3.63) is 12.7 Å². The number of hydrogen-bond donors (Lipinski definition) is 1. The van der Waals surface area contributed by atoms with Gasteiger partial charge in [0.25, 0.3) is 0 Å². The summed E-state index contributed by atoms with van der Waals surface area (Å²) < 4.78 is 0. The molecule has 0 bridgehead atoms. The van der Waals surface area contributed by atoms with Crippen molar-refractivity contribution >= 4 is 11.8 Å². The van der Waals surface area contributed by atoms with Gasteiger partial charge in [-0.25, -0.2) is 0 Å². The Hall–Kier alpha value is -1.32. The first-order valence-electron chi connectivity index (χ1n) is 6.58. The molecule has 0 aromatic carbocycles. The molecule has 18 heavy (non-hydrogen) atoms. The summed E-state index contributed by atoms with van der Waals surface area (Å²) in [5, 5.41) is 2.91. The monoisotopic (exact) mass is 250 g/mol. The van der Waals surface area contributed by atoms with E-state index in [9.17, 15) is 9.59 Å². The SMILES string of the molecule is C=CCN1C(=O)C(C2CC2)NC(=O)C1C(C)(C)C. The lowest BCUT2D eigenvalue weighted by Gasteiger charge is -2.44. The van der Waals surface area contributed by atoms with Crippen LogP contribution in [0.1, 0.15) is 33.6 Å². The van der Waals surface area contributed by atoms with Crippen LogP contribution in [0.4, 0.5) is 0 Å². The Balaban J connectivity index is 2.27. The third-order valence-corrected chi connectivity index (χ3v) is 3.65. The Kier molecular flexibility index (Phi) is 3.21. The summed E-state index contributed by atoms with van der Waals surface area (Å²) in [6.45, 7) is 10.1. The highest BCUT2D eigenvalue weighted by molar-refractivity contribution is 5.97. The van der Waals surface area contributed by atoms with Crippen molar-refractivity contribution in [3.63, 3.8) is 0 Å². The summed E-state index contributed by atoms with van der Waals surface area (Å²) >= 11 is 0. The summed E-state index contributed by atoms with van der Waals surface area (Å²) in [5.74, 6) is 0.368. The van der Waals surface area contributed by atoms with Crippen LogP contribution < -0.4 is 5.32 Å². The molecule has 0 radical (unpaired) electrons. The molecule has 2 fully saturated rings. The van der Waals surface area contributed by atoms with Crippen molar-refractivity contribution < 1.29 is 9.59 Å². The molecule has 4 heteroatoms. The summed E-state index contributed by atoms with van der Waals surface area (Å²) in [7, 11) is 0. The first-order chi connectivity index (χ1) is 8.36. The second-order valence-electron chi connectivity index (χ2n) is 6.37. The highest BCUT2D eigenvalue weighted by Crippen LogP contribution is 2.37. The molecule has 1 heterocycles. The van der Waals surface area contributed by atoms with Gasteiger partial charge in [-0.15, -0.1) is 6.58 Å². The van der Waals surface area contributed by atoms with Gasteiger partial charge in [0.2, 0.25) is 11.8 Å². The van der Waals surface area contributed by atoms with Crippen molar-refractivity contribution in [1.82, 2.24) is 10.2 Å². The lowest BCUT2D eigenvalue weighted by molar-refractivity contribution is -0.153. The van der Waals surface area contributed by atoms with Crippen LogP contribution in [-0.4, -0.2) is 35.3 Å². The van der Waals surface area contributed by atoms with E-state index in [1.807, 2.05) is 20.8 Å². The maximum Gasteiger partial charge on any atom is 0.246 e. The maximum absolute atomic E-state index is 12.5. The number of rotatable bonds is 3. The smallest absolute Gasteiger partial charge is 0.246 e. The standard InChI is InChI=1S/C14H22N2O2/c1-5-8-16-11(14(2,3)4)12(17)15-10(13(16)18)9-6-7-9/h5,9-11H,1,6-8H2,2-4H3,(H,15,17). The van der Waals surface area contributed by atoms with E-state index in [0.29, 0.717) is 12.5 Å². The largest absolute Gasteiger partial charge is 0.342 e.